The molecular weight excluding hydrogens is 388 g/mol. The van der Waals surface area contributed by atoms with Gasteiger partial charge in [0.2, 0.25) is 5.76 Å². The topological polar surface area (TPSA) is 107 Å². The van der Waals surface area contributed by atoms with Crippen molar-refractivity contribution in [3.05, 3.63) is 35.6 Å². The molecule has 1 fully saturated rings. The number of fused-ring (bicyclic) bond motifs is 1. The Morgan fingerprint density at radius 1 is 1.17 bits per heavy atom. The van der Waals surface area contributed by atoms with Gasteiger partial charge in [-0.2, -0.15) is 0 Å². The molecule has 1 aliphatic rings. The fourth-order valence-corrected chi connectivity index (χ4v) is 3.71. The monoisotopic (exact) mass is 416 g/mol. The minimum Gasteiger partial charge on any atom is -0.450 e. The van der Waals surface area contributed by atoms with Gasteiger partial charge in [-0.15, -0.1) is 0 Å². The van der Waals surface area contributed by atoms with Gasteiger partial charge < -0.3 is 19.2 Å². The number of urea groups is 1. The van der Waals surface area contributed by atoms with Crippen LogP contribution < -0.4 is 10.6 Å². The largest absolute Gasteiger partial charge is 0.450 e. The molecule has 0 saturated heterocycles. The van der Waals surface area contributed by atoms with Crippen LogP contribution in [0.5, 0.6) is 0 Å². The summed E-state index contributed by atoms with van der Waals surface area (Å²) >= 11 is 0. The van der Waals surface area contributed by atoms with Crippen LogP contribution in [0, 0.1) is 5.92 Å². The van der Waals surface area contributed by atoms with Gasteiger partial charge in [0, 0.05) is 23.6 Å². The van der Waals surface area contributed by atoms with Gasteiger partial charge in [-0.1, -0.05) is 38.0 Å². The summed E-state index contributed by atoms with van der Waals surface area (Å²) in [6.45, 7) is 4.01. The smallest absolute Gasteiger partial charge is 0.375 e. The fourth-order valence-electron chi connectivity index (χ4n) is 3.71. The lowest BCUT2D eigenvalue weighted by Gasteiger charge is -2.29. The van der Waals surface area contributed by atoms with E-state index in [9.17, 15) is 14.4 Å². The lowest BCUT2D eigenvalue weighted by Crippen LogP contribution is -2.48. The van der Waals surface area contributed by atoms with E-state index >= 15 is 0 Å². The summed E-state index contributed by atoms with van der Waals surface area (Å²) in [5.74, 6) is -1.11. The van der Waals surface area contributed by atoms with Crippen LogP contribution in [-0.4, -0.2) is 37.2 Å². The molecule has 0 spiro atoms. The summed E-state index contributed by atoms with van der Waals surface area (Å²) in [7, 11) is 0. The van der Waals surface area contributed by atoms with Crippen LogP contribution in [0.15, 0.2) is 28.7 Å². The van der Waals surface area contributed by atoms with E-state index in [1.54, 1.807) is 12.1 Å². The zero-order valence-corrected chi connectivity index (χ0v) is 17.4. The van der Waals surface area contributed by atoms with Gasteiger partial charge in [0.1, 0.15) is 5.58 Å². The van der Waals surface area contributed by atoms with Crippen molar-refractivity contribution in [3.63, 3.8) is 0 Å². The number of hydrogen-bond donors (Lipinski definition) is 2. The van der Waals surface area contributed by atoms with Gasteiger partial charge in [0.15, 0.2) is 6.61 Å². The van der Waals surface area contributed by atoms with Gasteiger partial charge in [-0.3, -0.25) is 10.1 Å². The molecule has 30 heavy (non-hydrogen) atoms. The number of carbonyl (C=O) groups excluding carboxylic acids is 3. The van der Waals surface area contributed by atoms with Gasteiger partial charge >= 0.3 is 12.0 Å². The standard InChI is InChI=1S/C22H28N2O6/c1-3-28-12-16-15-9-5-7-11-18(15)30-20(16)21(26)29-13-19(25)24-22(27)23-17-10-6-4-8-14(17)2/h5,7,9,11,14,17H,3-4,6,8,10,12-13H2,1-2H3,(H2,23,24,25,27)/t14-,17+/m1/s1. The van der Waals surface area contributed by atoms with Gasteiger partial charge in [-0.25, -0.2) is 9.59 Å². The molecule has 2 aromatic rings. The predicted octanol–water partition coefficient (Wildman–Crippen LogP) is 3.53. The van der Waals surface area contributed by atoms with Crippen molar-refractivity contribution in [1.82, 2.24) is 10.6 Å². The first-order chi connectivity index (χ1) is 14.5. The van der Waals surface area contributed by atoms with E-state index < -0.39 is 24.5 Å². The summed E-state index contributed by atoms with van der Waals surface area (Å²) in [6.07, 6.45) is 4.16. The molecule has 1 heterocycles. The number of carbonyl (C=O) groups is 3. The summed E-state index contributed by atoms with van der Waals surface area (Å²) in [6, 6.07) is 6.67. The normalized spacial score (nSPS) is 18.7. The summed E-state index contributed by atoms with van der Waals surface area (Å²) in [5.41, 5.74) is 1.10. The molecule has 0 aliphatic heterocycles. The van der Waals surface area contributed by atoms with E-state index in [0.29, 0.717) is 23.7 Å². The molecular formula is C22H28N2O6. The van der Waals surface area contributed by atoms with Crippen LogP contribution in [0.25, 0.3) is 11.0 Å². The third-order valence-corrected chi connectivity index (χ3v) is 5.35. The molecule has 0 radical (unpaired) electrons. The molecule has 8 heteroatoms. The Labute approximate surface area is 175 Å². The number of para-hydroxylation sites is 1. The van der Waals surface area contributed by atoms with Crippen molar-refractivity contribution in [2.75, 3.05) is 13.2 Å². The molecule has 0 bridgehead atoms. The van der Waals surface area contributed by atoms with Crippen LogP contribution in [-0.2, 0) is 20.9 Å². The van der Waals surface area contributed by atoms with Crippen molar-refractivity contribution in [1.29, 1.82) is 0 Å². The van der Waals surface area contributed by atoms with Gasteiger partial charge in [-0.05, 0) is 31.7 Å². The maximum Gasteiger partial charge on any atom is 0.375 e. The molecule has 1 aromatic carbocycles. The third kappa shape index (κ3) is 5.38. The molecule has 1 saturated carbocycles. The maximum absolute atomic E-state index is 12.5. The number of ether oxygens (including phenoxy) is 2. The minimum atomic E-state index is -0.780. The SMILES string of the molecule is CCOCc1c(C(=O)OCC(=O)NC(=O)N[C@H]2CCCC[C@H]2C)oc2ccccc12. The Bertz CT molecular complexity index is 906. The Morgan fingerprint density at radius 2 is 1.93 bits per heavy atom. The Balaban J connectivity index is 1.56. The average molecular weight is 416 g/mol. The van der Waals surface area contributed by atoms with Crippen LogP contribution >= 0.6 is 0 Å². The molecule has 3 amide bonds. The number of imide groups is 1. The highest BCUT2D eigenvalue weighted by Gasteiger charge is 2.25. The molecule has 162 valence electrons. The van der Waals surface area contributed by atoms with E-state index in [2.05, 4.69) is 17.6 Å². The van der Waals surface area contributed by atoms with Crippen LogP contribution in [0.2, 0.25) is 0 Å². The van der Waals surface area contributed by atoms with Crippen molar-refractivity contribution in [2.45, 2.75) is 52.2 Å². The average Bonchev–Trinajstić information content (AvgIpc) is 3.10. The Morgan fingerprint density at radius 3 is 2.70 bits per heavy atom. The molecule has 8 nitrogen and oxygen atoms in total. The summed E-state index contributed by atoms with van der Waals surface area (Å²) in [4.78, 5) is 36.6. The first-order valence-corrected chi connectivity index (χ1v) is 10.3. The molecule has 2 N–H and O–H groups in total. The first-order valence-electron chi connectivity index (χ1n) is 10.3. The van der Waals surface area contributed by atoms with Crippen LogP contribution in [0.1, 0.15) is 55.6 Å². The number of furan rings is 1. The Hall–Kier alpha value is -2.87. The lowest BCUT2D eigenvalue weighted by atomic mass is 9.86. The zero-order valence-electron chi connectivity index (χ0n) is 17.4. The highest BCUT2D eigenvalue weighted by atomic mass is 16.5. The molecule has 2 atom stereocenters. The van der Waals surface area contributed by atoms with Crippen LogP contribution in [0.4, 0.5) is 4.79 Å². The second-order valence-electron chi connectivity index (χ2n) is 7.51. The van der Waals surface area contributed by atoms with Gasteiger partial charge in [0.25, 0.3) is 5.91 Å². The molecule has 1 aliphatic carbocycles. The highest BCUT2D eigenvalue weighted by Crippen LogP contribution is 2.27. The summed E-state index contributed by atoms with van der Waals surface area (Å²) in [5, 5.41) is 5.78. The van der Waals surface area contributed by atoms with Crippen molar-refractivity contribution in [2.24, 2.45) is 5.92 Å². The van der Waals surface area contributed by atoms with E-state index in [1.807, 2.05) is 19.1 Å². The highest BCUT2D eigenvalue weighted by molar-refractivity contribution is 5.99. The number of esters is 1. The minimum absolute atomic E-state index is 0.00191. The fraction of sp³-hybridized carbons (Fsp3) is 0.500. The number of amides is 3. The summed E-state index contributed by atoms with van der Waals surface area (Å²) < 4.78 is 16.1. The number of nitrogens with one attached hydrogen (secondary N) is 2. The quantitative estimate of drug-likeness (QED) is 0.669. The first kappa shape index (κ1) is 21.8. The zero-order chi connectivity index (χ0) is 21.5. The van der Waals surface area contributed by atoms with Crippen LogP contribution in [0.3, 0.4) is 0 Å². The number of hydrogen-bond acceptors (Lipinski definition) is 6. The van der Waals surface area contributed by atoms with E-state index in [0.717, 1.165) is 31.1 Å². The number of benzene rings is 1. The van der Waals surface area contributed by atoms with E-state index in [4.69, 9.17) is 13.9 Å². The van der Waals surface area contributed by atoms with Crippen molar-refractivity contribution >= 4 is 28.9 Å². The molecule has 1 aromatic heterocycles. The second kappa shape index (κ2) is 10.2. The Kier molecular flexibility index (Phi) is 7.46. The second-order valence-corrected chi connectivity index (χ2v) is 7.51. The third-order valence-electron chi connectivity index (χ3n) is 5.35. The lowest BCUT2D eigenvalue weighted by molar-refractivity contribution is -0.123. The van der Waals surface area contributed by atoms with E-state index in [-0.39, 0.29) is 18.4 Å². The van der Waals surface area contributed by atoms with Crippen molar-refractivity contribution in [3.8, 4) is 0 Å². The maximum atomic E-state index is 12.5. The molecule has 0 unspecified atom stereocenters. The van der Waals surface area contributed by atoms with Crippen molar-refractivity contribution < 1.29 is 28.3 Å². The predicted molar refractivity (Wildman–Crippen MR) is 110 cm³/mol. The number of rotatable bonds is 7. The van der Waals surface area contributed by atoms with Gasteiger partial charge in [0.05, 0.1) is 6.61 Å². The van der Waals surface area contributed by atoms with E-state index in [1.165, 1.54) is 0 Å². The molecule has 3 rings (SSSR count).